The first-order valence-corrected chi connectivity index (χ1v) is 14.9. The van der Waals surface area contributed by atoms with E-state index in [0.717, 1.165) is 67.2 Å². The molecule has 6 rings (SSSR count). The van der Waals surface area contributed by atoms with Crippen LogP contribution in [0.4, 0.5) is 5.69 Å². The molecule has 1 aliphatic heterocycles. The highest BCUT2D eigenvalue weighted by Gasteiger charge is 2.29. The summed E-state index contributed by atoms with van der Waals surface area (Å²) >= 11 is 6.20. The van der Waals surface area contributed by atoms with Crippen LogP contribution in [0.1, 0.15) is 49.0 Å². The number of halogens is 1. The van der Waals surface area contributed by atoms with Crippen molar-refractivity contribution in [2.45, 2.75) is 33.1 Å². The lowest BCUT2D eigenvalue weighted by molar-refractivity contribution is 0.0598. The van der Waals surface area contributed by atoms with Crippen LogP contribution in [-0.4, -0.2) is 60.9 Å². The Labute approximate surface area is 252 Å². The number of aromatic nitrogens is 2. The third-order valence-corrected chi connectivity index (χ3v) is 8.82. The number of rotatable bonds is 7. The first kappa shape index (κ1) is 28.3. The predicted molar refractivity (Wildman–Crippen MR) is 169 cm³/mol. The third kappa shape index (κ3) is 6.03. The first-order chi connectivity index (χ1) is 20.3. The van der Waals surface area contributed by atoms with Gasteiger partial charge in [-0.05, 0) is 72.2 Å². The van der Waals surface area contributed by atoms with Crippen molar-refractivity contribution in [3.8, 4) is 11.5 Å². The van der Waals surface area contributed by atoms with Gasteiger partial charge in [0.2, 0.25) is 0 Å². The Morgan fingerprint density at radius 3 is 2.57 bits per heavy atom. The average Bonchev–Trinajstić information content (AvgIpc) is 3.49. The van der Waals surface area contributed by atoms with Crippen LogP contribution in [-0.2, 0) is 4.74 Å². The Bertz CT molecular complexity index is 1620. The molecule has 3 aromatic carbocycles. The largest absolute Gasteiger partial charge is 0.465 e. The Balaban J connectivity index is 1.19. The second kappa shape index (κ2) is 11.8. The minimum absolute atomic E-state index is 0.302. The summed E-state index contributed by atoms with van der Waals surface area (Å²) in [6.45, 7) is 9.45. The number of methoxy groups -OCH3 is 1. The smallest absolute Gasteiger partial charge is 0.341 e. The molecule has 1 N–H and O–H groups in total. The van der Waals surface area contributed by atoms with Crippen molar-refractivity contribution in [1.29, 1.82) is 0 Å². The molecule has 1 fully saturated rings. The van der Waals surface area contributed by atoms with E-state index in [2.05, 4.69) is 46.0 Å². The number of carbonyl (C=O) groups is 1. The molecule has 1 aliphatic carbocycles. The number of H-pyrrole nitrogens is 1. The van der Waals surface area contributed by atoms with Gasteiger partial charge in [-0.3, -0.25) is 10.00 Å². The van der Waals surface area contributed by atoms with Crippen LogP contribution < -0.4 is 9.64 Å². The molecule has 42 heavy (non-hydrogen) atoms. The van der Waals surface area contributed by atoms with E-state index >= 15 is 0 Å². The molecule has 0 unspecified atom stereocenters. The summed E-state index contributed by atoms with van der Waals surface area (Å²) < 4.78 is 11.4. The van der Waals surface area contributed by atoms with E-state index < -0.39 is 5.97 Å². The standard InChI is InChI=1S/C34H37ClN4O3/c1-34(2)14-13-24(28(20-34)23-7-9-25(35)10-8-23)22-38-15-17-39(18-16-38)26-11-12-27(33(40)41-3)32(19-26)42-31-6-4-5-30-29(31)21-36-37-30/h4-12,19,21H,13-18,20,22H2,1-3H3,(H,36,37). The fourth-order valence-electron chi connectivity index (χ4n) is 6.12. The van der Waals surface area contributed by atoms with Gasteiger partial charge in [0.1, 0.15) is 17.1 Å². The Kier molecular flexibility index (Phi) is 7.97. The molecule has 2 heterocycles. The van der Waals surface area contributed by atoms with Crippen LogP contribution in [0.15, 0.2) is 72.4 Å². The Morgan fingerprint density at radius 2 is 1.81 bits per heavy atom. The van der Waals surface area contributed by atoms with E-state index in [-0.39, 0.29) is 0 Å². The fraction of sp³-hybridized carbons (Fsp3) is 0.353. The highest BCUT2D eigenvalue weighted by molar-refractivity contribution is 6.30. The summed E-state index contributed by atoms with van der Waals surface area (Å²) in [7, 11) is 1.39. The molecule has 218 valence electrons. The lowest BCUT2D eigenvalue weighted by atomic mass is 9.72. The Morgan fingerprint density at radius 1 is 1.02 bits per heavy atom. The number of nitrogens with one attached hydrogen (secondary N) is 1. The van der Waals surface area contributed by atoms with Crippen molar-refractivity contribution in [2.75, 3.05) is 44.7 Å². The number of esters is 1. The van der Waals surface area contributed by atoms with Crippen molar-refractivity contribution in [3.05, 3.63) is 88.6 Å². The number of piperazine rings is 1. The number of ether oxygens (including phenoxy) is 2. The average molecular weight is 585 g/mol. The number of benzene rings is 3. The maximum atomic E-state index is 12.6. The molecular weight excluding hydrogens is 548 g/mol. The highest BCUT2D eigenvalue weighted by atomic mass is 35.5. The van der Waals surface area contributed by atoms with Gasteiger partial charge in [0.25, 0.3) is 0 Å². The molecule has 0 saturated carbocycles. The molecule has 1 saturated heterocycles. The van der Waals surface area contributed by atoms with Crippen LogP contribution in [0.5, 0.6) is 11.5 Å². The van der Waals surface area contributed by atoms with Crippen LogP contribution in [0.3, 0.4) is 0 Å². The maximum absolute atomic E-state index is 12.6. The van der Waals surface area contributed by atoms with Gasteiger partial charge in [-0.15, -0.1) is 0 Å². The predicted octanol–water partition coefficient (Wildman–Crippen LogP) is 7.58. The number of hydrogen-bond donors (Lipinski definition) is 1. The van der Waals surface area contributed by atoms with Crippen molar-refractivity contribution in [3.63, 3.8) is 0 Å². The lowest BCUT2D eigenvalue weighted by Gasteiger charge is -2.39. The maximum Gasteiger partial charge on any atom is 0.341 e. The van der Waals surface area contributed by atoms with E-state index in [1.807, 2.05) is 42.5 Å². The minimum Gasteiger partial charge on any atom is -0.465 e. The lowest BCUT2D eigenvalue weighted by Crippen LogP contribution is -2.47. The molecule has 0 radical (unpaired) electrons. The van der Waals surface area contributed by atoms with Gasteiger partial charge < -0.3 is 14.4 Å². The Hall–Kier alpha value is -3.81. The van der Waals surface area contributed by atoms with Gasteiger partial charge in [0.15, 0.2) is 0 Å². The molecule has 0 atom stereocenters. The molecular formula is C34H37ClN4O3. The minimum atomic E-state index is -0.429. The number of anilines is 1. The highest BCUT2D eigenvalue weighted by Crippen LogP contribution is 2.43. The number of hydrogen-bond acceptors (Lipinski definition) is 6. The van der Waals surface area contributed by atoms with Gasteiger partial charge in [0.05, 0.1) is 24.2 Å². The van der Waals surface area contributed by atoms with Crippen LogP contribution in [0.2, 0.25) is 5.02 Å². The van der Waals surface area contributed by atoms with Gasteiger partial charge >= 0.3 is 5.97 Å². The molecule has 1 aromatic heterocycles. The molecule has 0 amide bonds. The number of allylic oxidation sites excluding steroid dienone is 1. The number of carbonyl (C=O) groups excluding carboxylic acids is 1. The first-order valence-electron chi connectivity index (χ1n) is 14.6. The van der Waals surface area contributed by atoms with E-state index in [1.54, 1.807) is 17.8 Å². The second-order valence-corrected chi connectivity index (χ2v) is 12.5. The second-order valence-electron chi connectivity index (χ2n) is 12.1. The topological polar surface area (TPSA) is 70.7 Å². The quantitative estimate of drug-likeness (QED) is 0.226. The van der Waals surface area contributed by atoms with Crippen LogP contribution in [0, 0.1) is 5.41 Å². The van der Waals surface area contributed by atoms with Crippen molar-refractivity contribution >= 4 is 39.7 Å². The summed E-state index contributed by atoms with van der Waals surface area (Å²) in [5.41, 5.74) is 6.92. The van der Waals surface area contributed by atoms with Gasteiger partial charge in [0, 0.05) is 49.5 Å². The van der Waals surface area contributed by atoms with Crippen molar-refractivity contribution in [1.82, 2.24) is 15.1 Å². The SMILES string of the molecule is COC(=O)c1ccc(N2CCN(CC3=C(c4ccc(Cl)cc4)CC(C)(C)CC3)CC2)cc1Oc1cccc2[nH]ncc12. The van der Waals surface area contributed by atoms with Crippen molar-refractivity contribution < 1.29 is 14.3 Å². The summed E-state index contributed by atoms with van der Waals surface area (Å²) in [6.07, 6.45) is 5.16. The monoisotopic (exact) mass is 584 g/mol. The fourth-order valence-corrected chi connectivity index (χ4v) is 6.24. The zero-order valence-corrected chi connectivity index (χ0v) is 25.2. The zero-order valence-electron chi connectivity index (χ0n) is 24.5. The number of fused-ring (bicyclic) bond motifs is 1. The molecule has 7 nitrogen and oxygen atoms in total. The van der Waals surface area contributed by atoms with Gasteiger partial charge in [-0.2, -0.15) is 5.10 Å². The normalized spacial score (nSPS) is 17.5. The zero-order chi connectivity index (χ0) is 29.3. The summed E-state index contributed by atoms with van der Waals surface area (Å²) in [6, 6.07) is 19.8. The molecule has 0 spiro atoms. The van der Waals surface area contributed by atoms with E-state index in [0.29, 0.717) is 22.5 Å². The summed E-state index contributed by atoms with van der Waals surface area (Å²) in [5, 5.41) is 8.73. The molecule has 2 aliphatic rings. The van der Waals surface area contributed by atoms with E-state index in [4.69, 9.17) is 21.1 Å². The summed E-state index contributed by atoms with van der Waals surface area (Å²) in [5.74, 6) is 0.674. The van der Waals surface area contributed by atoms with Crippen LogP contribution >= 0.6 is 11.6 Å². The molecule has 4 aromatic rings. The summed E-state index contributed by atoms with van der Waals surface area (Å²) in [4.78, 5) is 17.5. The third-order valence-electron chi connectivity index (χ3n) is 8.57. The number of nitrogens with zero attached hydrogens (tertiary/aromatic N) is 3. The van der Waals surface area contributed by atoms with E-state index in [1.165, 1.54) is 24.7 Å². The van der Waals surface area contributed by atoms with Crippen molar-refractivity contribution in [2.24, 2.45) is 5.41 Å². The van der Waals surface area contributed by atoms with Crippen LogP contribution in [0.25, 0.3) is 16.5 Å². The number of aromatic amines is 1. The van der Waals surface area contributed by atoms with Gasteiger partial charge in [-0.1, -0.05) is 49.2 Å². The molecule has 8 heteroatoms. The van der Waals surface area contributed by atoms with Gasteiger partial charge in [-0.25, -0.2) is 4.79 Å². The molecule has 0 bridgehead atoms. The van der Waals surface area contributed by atoms with E-state index in [9.17, 15) is 4.79 Å².